The minimum Gasteiger partial charge on any atom is -0.329 e. The lowest BCUT2D eigenvalue weighted by Gasteiger charge is -2.50. The Hall–Kier alpha value is -0.120. The Balaban J connectivity index is 1.96. The van der Waals surface area contributed by atoms with Crippen molar-refractivity contribution in [1.82, 2.24) is 9.80 Å². The summed E-state index contributed by atoms with van der Waals surface area (Å²) >= 11 is 0. The first-order valence-corrected chi connectivity index (χ1v) is 7.66. The molecule has 3 heteroatoms. The zero-order chi connectivity index (χ0) is 13.4. The molecule has 0 radical (unpaired) electrons. The first-order chi connectivity index (χ1) is 8.47. The molecule has 2 aliphatic rings. The molecule has 2 fully saturated rings. The molecule has 106 valence electrons. The molecule has 1 aliphatic carbocycles. The van der Waals surface area contributed by atoms with Crippen molar-refractivity contribution in [2.45, 2.75) is 58.5 Å². The van der Waals surface area contributed by atoms with E-state index in [4.69, 9.17) is 5.73 Å². The highest BCUT2D eigenvalue weighted by atomic mass is 15.3. The Kier molecular flexibility index (Phi) is 4.05. The van der Waals surface area contributed by atoms with Crippen LogP contribution in [0.15, 0.2) is 0 Å². The summed E-state index contributed by atoms with van der Waals surface area (Å²) in [6.07, 6.45) is 3.96. The van der Waals surface area contributed by atoms with Gasteiger partial charge in [0, 0.05) is 44.3 Å². The maximum Gasteiger partial charge on any atom is 0.0358 e. The third-order valence-corrected chi connectivity index (χ3v) is 5.92. The van der Waals surface area contributed by atoms with Crippen molar-refractivity contribution >= 4 is 0 Å². The molecule has 2 rings (SSSR count). The second kappa shape index (κ2) is 5.10. The van der Waals surface area contributed by atoms with Crippen LogP contribution in [0.3, 0.4) is 0 Å². The molecule has 0 amide bonds. The minimum atomic E-state index is 0.217. The van der Waals surface area contributed by atoms with E-state index in [1.165, 1.54) is 45.4 Å². The minimum absolute atomic E-state index is 0.217. The predicted octanol–water partition coefficient (Wildman–Crippen LogP) is 1.92. The molecule has 3 nitrogen and oxygen atoms in total. The molecule has 0 aromatic heterocycles. The van der Waals surface area contributed by atoms with Gasteiger partial charge in [0.2, 0.25) is 0 Å². The van der Waals surface area contributed by atoms with E-state index in [1.54, 1.807) is 0 Å². The quantitative estimate of drug-likeness (QED) is 0.812. The number of rotatable bonds is 5. The summed E-state index contributed by atoms with van der Waals surface area (Å²) in [7, 11) is 0. The van der Waals surface area contributed by atoms with E-state index in [0.717, 1.165) is 12.6 Å². The molecule has 0 aromatic carbocycles. The summed E-state index contributed by atoms with van der Waals surface area (Å²) in [5.41, 5.74) is 6.82. The van der Waals surface area contributed by atoms with Gasteiger partial charge in [-0.1, -0.05) is 13.8 Å². The Morgan fingerprint density at radius 2 is 1.78 bits per heavy atom. The number of hydrogen-bond donors (Lipinski definition) is 1. The summed E-state index contributed by atoms with van der Waals surface area (Å²) in [6, 6.07) is 0.729. The van der Waals surface area contributed by atoms with E-state index in [9.17, 15) is 0 Å². The van der Waals surface area contributed by atoms with Crippen LogP contribution in [-0.4, -0.2) is 54.1 Å². The van der Waals surface area contributed by atoms with Crippen molar-refractivity contribution in [3.8, 4) is 0 Å². The molecule has 2 atom stereocenters. The number of hydrogen-bond acceptors (Lipinski definition) is 3. The zero-order valence-electron chi connectivity index (χ0n) is 12.7. The van der Waals surface area contributed by atoms with Gasteiger partial charge in [-0.3, -0.25) is 9.80 Å². The zero-order valence-corrected chi connectivity index (χ0v) is 12.7. The van der Waals surface area contributed by atoms with Crippen LogP contribution in [0, 0.1) is 5.41 Å². The van der Waals surface area contributed by atoms with Crippen LogP contribution in [0.1, 0.15) is 47.0 Å². The fraction of sp³-hybridized carbons (Fsp3) is 1.00. The highest BCUT2D eigenvalue weighted by Gasteiger charge is 2.55. The van der Waals surface area contributed by atoms with Gasteiger partial charge in [0.05, 0.1) is 0 Å². The summed E-state index contributed by atoms with van der Waals surface area (Å²) < 4.78 is 0. The van der Waals surface area contributed by atoms with Crippen molar-refractivity contribution in [1.29, 1.82) is 0 Å². The van der Waals surface area contributed by atoms with Crippen LogP contribution in [0.2, 0.25) is 0 Å². The highest BCUT2D eigenvalue weighted by molar-refractivity contribution is 5.10. The van der Waals surface area contributed by atoms with E-state index in [1.807, 2.05) is 0 Å². The van der Waals surface area contributed by atoms with Gasteiger partial charge in [0.1, 0.15) is 0 Å². The Labute approximate surface area is 113 Å². The molecule has 2 unspecified atom stereocenters. The van der Waals surface area contributed by atoms with Crippen LogP contribution < -0.4 is 5.73 Å². The molecule has 18 heavy (non-hydrogen) atoms. The fourth-order valence-electron chi connectivity index (χ4n) is 3.40. The van der Waals surface area contributed by atoms with Crippen molar-refractivity contribution in [3.63, 3.8) is 0 Å². The van der Waals surface area contributed by atoms with Gasteiger partial charge in [-0.15, -0.1) is 0 Å². The topological polar surface area (TPSA) is 32.5 Å². The van der Waals surface area contributed by atoms with Crippen molar-refractivity contribution < 1.29 is 0 Å². The summed E-state index contributed by atoms with van der Waals surface area (Å²) in [5.74, 6) is 0. The average Bonchev–Trinajstić information content (AvgIpc) is 3.16. The maximum atomic E-state index is 6.13. The van der Waals surface area contributed by atoms with E-state index in [-0.39, 0.29) is 5.54 Å². The monoisotopic (exact) mass is 253 g/mol. The number of nitrogens with zero attached hydrogens (tertiary/aromatic N) is 2. The predicted molar refractivity (Wildman–Crippen MR) is 77.7 cm³/mol. The third-order valence-electron chi connectivity index (χ3n) is 5.92. The lowest BCUT2D eigenvalue weighted by atomic mass is 9.81. The molecule has 1 heterocycles. The van der Waals surface area contributed by atoms with E-state index < -0.39 is 0 Å². The van der Waals surface area contributed by atoms with Crippen molar-refractivity contribution in [3.05, 3.63) is 0 Å². The first-order valence-electron chi connectivity index (χ1n) is 7.66. The smallest absolute Gasteiger partial charge is 0.0358 e. The summed E-state index contributed by atoms with van der Waals surface area (Å²) in [5, 5.41) is 0. The molecular weight excluding hydrogens is 222 g/mol. The third kappa shape index (κ3) is 2.33. The average molecular weight is 253 g/mol. The maximum absolute atomic E-state index is 6.13. The molecule has 0 aromatic rings. The molecule has 1 saturated heterocycles. The van der Waals surface area contributed by atoms with Gasteiger partial charge in [0.15, 0.2) is 0 Å². The van der Waals surface area contributed by atoms with Crippen LogP contribution in [-0.2, 0) is 0 Å². The summed E-state index contributed by atoms with van der Waals surface area (Å²) in [6.45, 7) is 15.0. The Morgan fingerprint density at radius 1 is 1.22 bits per heavy atom. The van der Waals surface area contributed by atoms with E-state index in [2.05, 4.69) is 37.5 Å². The van der Waals surface area contributed by atoms with E-state index >= 15 is 0 Å². The molecule has 1 saturated carbocycles. The van der Waals surface area contributed by atoms with Crippen LogP contribution >= 0.6 is 0 Å². The van der Waals surface area contributed by atoms with Gasteiger partial charge in [-0.05, 0) is 38.5 Å². The van der Waals surface area contributed by atoms with Crippen LogP contribution in [0.4, 0.5) is 0 Å². The molecule has 2 N–H and O–H groups in total. The molecule has 1 aliphatic heterocycles. The lowest BCUT2D eigenvalue weighted by Crippen LogP contribution is -2.63. The number of nitrogens with two attached hydrogens (primary N) is 1. The fourth-order valence-corrected chi connectivity index (χ4v) is 3.40. The van der Waals surface area contributed by atoms with Crippen LogP contribution in [0.5, 0.6) is 0 Å². The normalized spacial score (nSPS) is 29.8. The van der Waals surface area contributed by atoms with Gasteiger partial charge < -0.3 is 5.73 Å². The van der Waals surface area contributed by atoms with Gasteiger partial charge >= 0.3 is 0 Å². The molecule has 0 spiro atoms. The van der Waals surface area contributed by atoms with Gasteiger partial charge in [-0.25, -0.2) is 0 Å². The van der Waals surface area contributed by atoms with Gasteiger partial charge in [0.25, 0.3) is 0 Å². The second-order valence-electron chi connectivity index (χ2n) is 6.82. The summed E-state index contributed by atoms with van der Waals surface area (Å²) in [4.78, 5) is 5.29. The van der Waals surface area contributed by atoms with Gasteiger partial charge in [-0.2, -0.15) is 0 Å². The number of piperazine rings is 1. The van der Waals surface area contributed by atoms with Crippen molar-refractivity contribution in [2.24, 2.45) is 11.1 Å². The highest BCUT2D eigenvalue weighted by Crippen LogP contribution is 2.55. The van der Waals surface area contributed by atoms with E-state index in [0.29, 0.717) is 5.41 Å². The standard InChI is InChI=1S/C15H31N3/c1-5-13(2)17-8-10-18(11-9-17)15(4,12-16)14(3)6-7-14/h13H,5-12,16H2,1-4H3. The van der Waals surface area contributed by atoms with Crippen LogP contribution in [0.25, 0.3) is 0 Å². The Morgan fingerprint density at radius 3 is 2.17 bits per heavy atom. The first kappa shape index (κ1) is 14.3. The molecule has 0 bridgehead atoms. The largest absolute Gasteiger partial charge is 0.329 e. The second-order valence-corrected chi connectivity index (χ2v) is 6.82. The Bertz CT molecular complexity index is 279. The lowest BCUT2D eigenvalue weighted by molar-refractivity contribution is -0.00397. The SMILES string of the molecule is CCC(C)N1CCN(C(C)(CN)C2(C)CC2)CC1. The molecular formula is C15H31N3. The van der Waals surface area contributed by atoms with Crippen molar-refractivity contribution in [2.75, 3.05) is 32.7 Å².